The van der Waals surface area contributed by atoms with E-state index in [1.165, 1.54) is 18.5 Å². The average molecular weight is 299 g/mol. The minimum Gasteiger partial charge on any atom is -0.444 e. The van der Waals surface area contributed by atoms with Gasteiger partial charge in [0.2, 0.25) is 5.89 Å². The molecule has 1 aromatic carbocycles. The van der Waals surface area contributed by atoms with E-state index in [0.717, 1.165) is 37.0 Å². The van der Waals surface area contributed by atoms with Gasteiger partial charge in [-0.1, -0.05) is 30.3 Å². The fraction of sp³-hybridized carbons (Fsp3) is 0.500. The smallest absolute Gasteiger partial charge is 0.208 e. The summed E-state index contributed by atoms with van der Waals surface area (Å²) in [5.74, 6) is 1.76. The molecular formula is C18H25N3O. The maximum Gasteiger partial charge on any atom is 0.208 e. The van der Waals surface area contributed by atoms with Crippen LogP contribution in [0.5, 0.6) is 0 Å². The lowest BCUT2D eigenvalue weighted by Gasteiger charge is -2.27. The standard InChI is InChI=1S/C18H25N3O/c1-14-15(2)22-18(19-14)13-21(17-9-10-20(3)12-17)11-16-7-5-4-6-8-16/h4-8,17H,9-13H2,1-3H3/t17-/m0/s1. The highest BCUT2D eigenvalue weighted by molar-refractivity contribution is 5.15. The first-order valence-electron chi connectivity index (χ1n) is 8.01. The SMILES string of the molecule is Cc1nc(CN(Cc2ccccc2)[C@H]2CCN(C)C2)oc1C. The van der Waals surface area contributed by atoms with Gasteiger partial charge in [-0.3, -0.25) is 4.90 Å². The van der Waals surface area contributed by atoms with Crippen LogP contribution in [0.3, 0.4) is 0 Å². The van der Waals surface area contributed by atoms with Crippen molar-refractivity contribution in [3.8, 4) is 0 Å². The third-order valence-electron chi connectivity index (χ3n) is 4.52. The number of rotatable bonds is 5. The third kappa shape index (κ3) is 3.57. The Balaban J connectivity index is 1.76. The van der Waals surface area contributed by atoms with Crippen LogP contribution in [0.25, 0.3) is 0 Å². The molecule has 4 nitrogen and oxygen atoms in total. The molecule has 2 aromatic rings. The first kappa shape index (κ1) is 15.3. The van der Waals surface area contributed by atoms with E-state index in [0.29, 0.717) is 6.04 Å². The van der Waals surface area contributed by atoms with Crippen LogP contribution in [0, 0.1) is 13.8 Å². The van der Waals surface area contributed by atoms with Gasteiger partial charge in [0.05, 0.1) is 12.2 Å². The van der Waals surface area contributed by atoms with Crippen LogP contribution in [0.2, 0.25) is 0 Å². The number of likely N-dealkylation sites (N-methyl/N-ethyl adjacent to an activating group) is 1. The van der Waals surface area contributed by atoms with Crippen molar-refractivity contribution >= 4 is 0 Å². The first-order chi connectivity index (χ1) is 10.6. The van der Waals surface area contributed by atoms with E-state index in [4.69, 9.17) is 4.42 Å². The van der Waals surface area contributed by atoms with E-state index in [9.17, 15) is 0 Å². The lowest BCUT2D eigenvalue weighted by atomic mass is 10.1. The molecule has 1 fully saturated rings. The summed E-state index contributed by atoms with van der Waals surface area (Å²) in [5, 5.41) is 0. The summed E-state index contributed by atoms with van der Waals surface area (Å²) in [5.41, 5.74) is 2.34. The van der Waals surface area contributed by atoms with E-state index in [2.05, 4.69) is 52.2 Å². The predicted octanol–water partition coefficient (Wildman–Crippen LogP) is 3.00. The summed E-state index contributed by atoms with van der Waals surface area (Å²) < 4.78 is 5.80. The van der Waals surface area contributed by atoms with Crippen molar-refractivity contribution in [2.75, 3.05) is 20.1 Å². The third-order valence-corrected chi connectivity index (χ3v) is 4.52. The summed E-state index contributed by atoms with van der Waals surface area (Å²) in [4.78, 5) is 9.46. The van der Waals surface area contributed by atoms with Crippen LogP contribution in [0.4, 0.5) is 0 Å². The summed E-state index contributed by atoms with van der Waals surface area (Å²) in [6.45, 7) is 8.00. The molecule has 0 saturated carbocycles. The van der Waals surface area contributed by atoms with E-state index in [-0.39, 0.29) is 0 Å². The van der Waals surface area contributed by atoms with Crippen LogP contribution < -0.4 is 0 Å². The Morgan fingerprint density at radius 2 is 2.00 bits per heavy atom. The number of aromatic nitrogens is 1. The van der Waals surface area contributed by atoms with Gasteiger partial charge in [-0.2, -0.15) is 0 Å². The van der Waals surface area contributed by atoms with Crippen molar-refractivity contribution in [1.29, 1.82) is 0 Å². The molecule has 0 N–H and O–H groups in total. The molecule has 0 amide bonds. The second kappa shape index (κ2) is 6.63. The van der Waals surface area contributed by atoms with Gasteiger partial charge in [0.15, 0.2) is 0 Å². The van der Waals surface area contributed by atoms with Crippen LogP contribution in [-0.2, 0) is 13.1 Å². The lowest BCUT2D eigenvalue weighted by molar-refractivity contribution is 0.163. The Labute approximate surface area is 132 Å². The van der Waals surface area contributed by atoms with Crippen LogP contribution in [0.15, 0.2) is 34.7 Å². The van der Waals surface area contributed by atoms with E-state index >= 15 is 0 Å². The van der Waals surface area contributed by atoms with Crippen LogP contribution >= 0.6 is 0 Å². The van der Waals surface area contributed by atoms with Crippen molar-refractivity contribution in [2.45, 2.75) is 39.4 Å². The Bertz CT molecular complexity index is 589. The van der Waals surface area contributed by atoms with Gasteiger partial charge in [0.1, 0.15) is 5.76 Å². The molecule has 2 heterocycles. The van der Waals surface area contributed by atoms with Crippen molar-refractivity contribution in [1.82, 2.24) is 14.8 Å². The summed E-state index contributed by atoms with van der Waals surface area (Å²) >= 11 is 0. The molecule has 1 aliphatic heterocycles. The van der Waals surface area contributed by atoms with Crippen molar-refractivity contribution in [2.24, 2.45) is 0 Å². The molecular weight excluding hydrogens is 274 g/mol. The lowest BCUT2D eigenvalue weighted by Crippen LogP contribution is -2.36. The maximum atomic E-state index is 5.80. The Hall–Kier alpha value is -1.65. The number of hydrogen-bond donors (Lipinski definition) is 0. The predicted molar refractivity (Wildman–Crippen MR) is 87.6 cm³/mol. The molecule has 1 aliphatic rings. The molecule has 0 unspecified atom stereocenters. The molecule has 0 bridgehead atoms. The highest BCUT2D eigenvalue weighted by Gasteiger charge is 2.27. The Kier molecular flexibility index (Phi) is 4.60. The largest absolute Gasteiger partial charge is 0.444 e. The zero-order valence-corrected chi connectivity index (χ0v) is 13.7. The first-order valence-corrected chi connectivity index (χ1v) is 8.01. The van der Waals surface area contributed by atoms with Gasteiger partial charge in [0.25, 0.3) is 0 Å². The van der Waals surface area contributed by atoms with E-state index in [1.807, 2.05) is 13.8 Å². The number of aryl methyl sites for hydroxylation is 2. The molecule has 0 spiro atoms. The van der Waals surface area contributed by atoms with Crippen molar-refractivity contribution < 1.29 is 4.42 Å². The topological polar surface area (TPSA) is 32.5 Å². The summed E-state index contributed by atoms with van der Waals surface area (Å²) in [6, 6.07) is 11.2. The second-order valence-electron chi connectivity index (χ2n) is 6.34. The van der Waals surface area contributed by atoms with Gasteiger partial charge in [-0.25, -0.2) is 4.98 Å². The highest BCUT2D eigenvalue weighted by atomic mass is 16.4. The number of likely N-dealkylation sites (tertiary alicyclic amines) is 1. The highest BCUT2D eigenvalue weighted by Crippen LogP contribution is 2.20. The summed E-state index contributed by atoms with van der Waals surface area (Å²) in [7, 11) is 2.19. The Morgan fingerprint density at radius 3 is 2.59 bits per heavy atom. The molecule has 0 radical (unpaired) electrons. The molecule has 3 rings (SSSR count). The van der Waals surface area contributed by atoms with E-state index in [1.54, 1.807) is 0 Å². The fourth-order valence-electron chi connectivity index (χ4n) is 3.12. The molecule has 118 valence electrons. The average Bonchev–Trinajstić information content (AvgIpc) is 3.06. The van der Waals surface area contributed by atoms with Crippen LogP contribution in [0.1, 0.15) is 29.3 Å². The monoisotopic (exact) mass is 299 g/mol. The molecule has 1 atom stereocenters. The van der Waals surface area contributed by atoms with Gasteiger partial charge < -0.3 is 9.32 Å². The van der Waals surface area contributed by atoms with E-state index < -0.39 is 0 Å². The molecule has 4 heteroatoms. The van der Waals surface area contributed by atoms with Crippen LogP contribution in [-0.4, -0.2) is 41.0 Å². The van der Waals surface area contributed by atoms with Crippen molar-refractivity contribution in [3.05, 3.63) is 53.2 Å². The number of hydrogen-bond acceptors (Lipinski definition) is 4. The minimum atomic E-state index is 0.567. The number of benzene rings is 1. The Morgan fingerprint density at radius 1 is 1.23 bits per heavy atom. The van der Waals surface area contributed by atoms with Gasteiger partial charge >= 0.3 is 0 Å². The molecule has 0 aliphatic carbocycles. The minimum absolute atomic E-state index is 0.567. The molecule has 22 heavy (non-hydrogen) atoms. The maximum absolute atomic E-state index is 5.80. The zero-order valence-electron chi connectivity index (χ0n) is 13.7. The van der Waals surface area contributed by atoms with Crippen molar-refractivity contribution in [3.63, 3.8) is 0 Å². The van der Waals surface area contributed by atoms with Gasteiger partial charge in [-0.15, -0.1) is 0 Å². The fourth-order valence-corrected chi connectivity index (χ4v) is 3.12. The second-order valence-corrected chi connectivity index (χ2v) is 6.34. The molecule has 1 aromatic heterocycles. The normalized spacial score (nSPS) is 19.2. The van der Waals surface area contributed by atoms with Gasteiger partial charge in [0, 0.05) is 19.1 Å². The zero-order chi connectivity index (χ0) is 15.5. The summed E-state index contributed by atoms with van der Waals surface area (Å²) in [6.07, 6.45) is 1.21. The quantitative estimate of drug-likeness (QED) is 0.849. The number of oxazole rings is 1. The van der Waals surface area contributed by atoms with Gasteiger partial charge in [-0.05, 0) is 39.4 Å². The molecule has 1 saturated heterocycles. The number of nitrogens with zero attached hydrogens (tertiary/aromatic N) is 3.